The zero-order valence-corrected chi connectivity index (χ0v) is 11.5. The van der Waals surface area contributed by atoms with Crippen molar-refractivity contribution in [3.05, 3.63) is 66.0 Å². The van der Waals surface area contributed by atoms with Gasteiger partial charge in [0.25, 0.3) is 0 Å². The highest BCUT2D eigenvalue weighted by atomic mass is 19.1. The summed E-state index contributed by atoms with van der Waals surface area (Å²) in [6, 6.07) is 17.4. The molecular weight excluding hydrogens is 251 g/mol. The van der Waals surface area contributed by atoms with Gasteiger partial charge < -0.3 is 4.90 Å². The Hall–Kier alpha value is -1.87. The van der Waals surface area contributed by atoms with E-state index in [1.165, 1.54) is 23.4 Å². The van der Waals surface area contributed by atoms with Gasteiger partial charge in [0.05, 0.1) is 0 Å². The molecule has 0 spiro atoms. The van der Waals surface area contributed by atoms with Gasteiger partial charge in [0.2, 0.25) is 0 Å². The monoisotopic (exact) mass is 270 g/mol. The van der Waals surface area contributed by atoms with Crippen LogP contribution in [0.1, 0.15) is 5.56 Å². The highest BCUT2D eigenvalue weighted by Crippen LogP contribution is 2.16. The Kier molecular flexibility index (Phi) is 3.97. The molecule has 1 saturated heterocycles. The Balaban J connectivity index is 1.55. The maximum atomic E-state index is 12.9. The van der Waals surface area contributed by atoms with Crippen molar-refractivity contribution in [3.8, 4) is 0 Å². The van der Waals surface area contributed by atoms with Crippen LogP contribution in [0.2, 0.25) is 0 Å². The molecule has 0 aliphatic carbocycles. The highest BCUT2D eigenvalue weighted by Gasteiger charge is 2.16. The van der Waals surface area contributed by atoms with Crippen LogP contribution in [0.15, 0.2) is 54.6 Å². The molecule has 0 unspecified atom stereocenters. The lowest BCUT2D eigenvalue weighted by Gasteiger charge is -2.36. The fourth-order valence-electron chi connectivity index (χ4n) is 2.65. The van der Waals surface area contributed by atoms with Gasteiger partial charge in [-0.3, -0.25) is 4.90 Å². The average Bonchev–Trinajstić information content (AvgIpc) is 2.51. The van der Waals surface area contributed by atoms with Crippen molar-refractivity contribution in [2.45, 2.75) is 6.54 Å². The molecule has 3 heteroatoms. The van der Waals surface area contributed by atoms with E-state index in [0.29, 0.717) is 0 Å². The molecule has 20 heavy (non-hydrogen) atoms. The Bertz CT molecular complexity index is 531. The van der Waals surface area contributed by atoms with Crippen LogP contribution in [0.4, 0.5) is 10.1 Å². The molecule has 1 heterocycles. The molecule has 2 aromatic carbocycles. The number of anilines is 1. The third kappa shape index (κ3) is 3.17. The number of halogens is 1. The van der Waals surface area contributed by atoms with Crippen LogP contribution < -0.4 is 4.90 Å². The van der Waals surface area contributed by atoms with Crippen molar-refractivity contribution in [2.24, 2.45) is 0 Å². The molecule has 0 radical (unpaired) electrons. The summed E-state index contributed by atoms with van der Waals surface area (Å²) in [7, 11) is 0. The number of benzene rings is 2. The second-order valence-corrected chi connectivity index (χ2v) is 5.23. The SMILES string of the molecule is Fc1ccc(CN2CCN(c3ccccc3)CC2)cc1. The summed E-state index contributed by atoms with van der Waals surface area (Å²) in [4.78, 5) is 4.84. The maximum Gasteiger partial charge on any atom is 0.123 e. The number of hydrogen-bond donors (Lipinski definition) is 0. The Morgan fingerprint density at radius 3 is 2.10 bits per heavy atom. The van der Waals surface area contributed by atoms with Gasteiger partial charge in [0.15, 0.2) is 0 Å². The number of nitrogens with zero attached hydrogens (tertiary/aromatic N) is 2. The molecule has 1 fully saturated rings. The topological polar surface area (TPSA) is 6.48 Å². The van der Waals surface area contributed by atoms with Crippen LogP contribution >= 0.6 is 0 Å². The molecule has 0 saturated carbocycles. The average molecular weight is 270 g/mol. The van der Waals surface area contributed by atoms with E-state index in [4.69, 9.17) is 0 Å². The molecule has 1 aliphatic rings. The van der Waals surface area contributed by atoms with Gasteiger partial charge in [-0.1, -0.05) is 30.3 Å². The van der Waals surface area contributed by atoms with Gasteiger partial charge in [0.1, 0.15) is 5.82 Å². The molecule has 2 aromatic rings. The van der Waals surface area contributed by atoms with E-state index in [1.54, 1.807) is 0 Å². The van der Waals surface area contributed by atoms with Crippen molar-refractivity contribution in [2.75, 3.05) is 31.1 Å². The van der Waals surface area contributed by atoms with Crippen molar-refractivity contribution in [3.63, 3.8) is 0 Å². The van der Waals surface area contributed by atoms with E-state index in [9.17, 15) is 4.39 Å². The molecule has 3 rings (SSSR count). The summed E-state index contributed by atoms with van der Waals surface area (Å²) in [6.45, 7) is 5.10. The van der Waals surface area contributed by atoms with Crippen LogP contribution in [0.3, 0.4) is 0 Å². The minimum Gasteiger partial charge on any atom is -0.369 e. The number of hydrogen-bond acceptors (Lipinski definition) is 2. The van der Waals surface area contributed by atoms with Crippen LogP contribution in [-0.2, 0) is 6.54 Å². The molecule has 1 aliphatic heterocycles. The molecule has 104 valence electrons. The molecule has 0 amide bonds. The van der Waals surface area contributed by atoms with Gasteiger partial charge in [-0.25, -0.2) is 4.39 Å². The van der Waals surface area contributed by atoms with Crippen LogP contribution in [0.5, 0.6) is 0 Å². The fourth-order valence-corrected chi connectivity index (χ4v) is 2.65. The van der Waals surface area contributed by atoms with Crippen LogP contribution in [0.25, 0.3) is 0 Å². The second-order valence-electron chi connectivity index (χ2n) is 5.23. The highest BCUT2D eigenvalue weighted by molar-refractivity contribution is 5.46. The smallest absolute Gasteiger partial charge is 0.123 e. The third-order valence-electron chi connectivity index (χ3n) is 3.81. The third-order valence-corrected chi connectivity index (χ3v) is 3.81. The molecular formula is C17H19FN2. The molecule has 2 nitrogen and oxygen atoms in total. The summed E-state index contributed by atoms with van der Waals surface area (Å²) >= 11 is 0. The van der Waals surface area contributed by atoms with Crippen molar-refractivity contribution in [1.29, 1.82) is 0 Å². The lowest BCUT2D eigenvalue weighted by molar-refractivity contribution is 0.250. The van der Waals surface area contributed by atoms with Crippen molar-refractivity contribution >= 4 is 5.69 Å². The second kappa shape index (κ2) is 6.06. The van der Waals surface area contributed by atoms with Gasteiger partial charge >= 0.3 is 0 Å². The minimum absolute atomic E-state index is 0.164. The standard InChI is InChI=1S/C17H19FN2/c18-16-8-6-15(7-9-16)14-19-10-12-20(13-11-19)17-4-2-1-3-5-17/h1-9H,10-14H2. The van der Waals surface area contributed by atoms with Crippen molar-refractivity contribution in [1.82, 2.24) is 4.90 Å². The van der Waals surface area contributed by atoms with Gasteiger partial charge in [-0.05, 0) is 29.8 Å². The first-order valence-corrected chi connectivity index (χ1v) is 7.08. The van der Waals surface area contributed by atoms with E-state index in [1.807, 2.05) is 18.2 Å². The Labute approximate surface area is 119 Å². The molecule has 0 aromatic heterocycles. The van der Waals surface area contributed by atoms with Gasteiger partial charge in [-0.15, -0.1) is 0 Å². The molecule has 0 bridgehead atoms. The number of para-hydroxylation sites is 1. The zero-order chi connectivity index (χ0) is 13.8. The largest absolute Gasteiger partial charge is 0.369 e. The number of piperazine rings is 1. The minimum atomic E-state index is -0.164. The Morgan fingerprint density at radius 1 is 0.800 bits per heavy atom. The lowest BCUT2D eigenvalue weighted by Crippen LogP contribution is -2.45. The number of rotatable bonds is 3. The maximum absolute atomic E-state index is 12.9. The van der Waals surface area contributed by atoms with Crippen LogP contribution in [0, 0.1) is 5.82 Å². The first-order chi connectivity index (χ1) is 9.81. The predicted molar refractivity (Wildman–Crippen MR) is 80.3 cm³/mol. The summed E-state index contributed by atoms with van der Waals surface area (Å²) in [5.74, 6) is -0.164. The van der Waals surface area contributed by atoms with E-state index in [0.717, 1.165) is 32.7 Å². The normalized spacial score (nSPS) is 16.4. The Morgan fingerprint density at radius 2 is 1.45 bits per heavy atom. The molecule has 0 N–H and O–H groups in total. The lowest BCUT2D eigenvalue weighted by atomic mass is 10.2. The van der Waals surface area contributed by atoms with E-state index in [2.05, 4.69) is 34.1 Å². The van der Waals surface area contributed by atoms with Crippen molar-refractivity contribution < 1.29 is 4.39 Å². The van der Waals surface area contributed by atoms with E-state index < -0.39 is 0 Å². The summed E-state index contributed by atoms with van der Waals surface area (Å²) in [5.41, 5.74) is 2.48. The fraction of sp³-hybridized carbons (Fsp3) is 0.294. The summed E-state index contributed by atoms with van der Waals surface area (Å²) < 4.78 is 12.9. The summed E-state index contributed by atoms with van der Waals surface area (Å²) in [6.07, 6.45) is 0. The van der Waals surface area contributed by atoms with Crippen LogP contribution in [-0.4, -0.2) is 31.1 Å². The van der Waals surface area contributed by atoms with Gasteiger partial charge in [-0.2, -0.15) is 0 Å². The predicted octanol–water partition coefficient (Wildman–Crippen LogP) is 3.15. The quantitative estimate of drug-likeness (QED) is 0.845. The van der Waals surface area contributed by atoms with E-state index in [-0.39, 0.29) is 5.82 Å². The summed E-state index contributed by atoms with van der Waals surface area (Å²) in [5, 5.41) is 0. The first-order valence-electron chi connectivity index (χ1n) is 7.08. The van der Waals surface area contributed by atoms with Gasteiger partial charge in [0, 0.05) is 38.4 Å². The zero-order valence-electron chi connectivity index (χ0n) is 11.5. The first kappa shape index (κ1) is 13.1. The molecule has 0 atom stereocenters. The van der Waals surface area contributed by atoms with E-state index >= 15 is 0 Å².